The first-order valence-corrected chi connectivity index (χ1v) is 7.92. The Balaban J connectivity index is 2.46. The molecule has 0 fully saturated rings. The van der Waals surface area contributed by atoms with Crippen molar-refractivity contribution in [2.24, 2.45) is 0 Å². The predicted octanol–water partition coefficient (Wildman–Crippen LogP) is 4.56. The van der Waals surface area contributed by atoms with E-state index in [9.17, 15) is 0 Å². The van der Waals surface area contributed by atoms with Gasteiger partial charge in [-0.3, -0.25) is 4.68 Å². The molecule has 0 spiro atoms. The normalized spacial score (nSPS) is 13.1. The van der Waals surface area contributed by atoms with Crippen LogP contribution in [0.2, 0.25) is 5.22 Å². The maximum atomic E-state index is 6.16. The lowest BCUT2D eigenvalue weighted by molar-refractivity contribution is 0.468. The van der Waals surface area contributed by atoms with Gasteiger partial charge in [0.25, 0.3) is 0 Å². The first-order chi connectivity index (χ1) is 9.56. The zero-order valence-corrected chi connectivity index (χ0v) is 14.2. The van der Waals surface area contributed by atoms with Gasteiger partial charge in [0, 0.05) is 11.6 Å². The largest absolute Gasteiger partial charge is 0.453 e. The standard InChI is InChI=1S/C14H19BrClN3O/c1-4-6-17-12(10-5-7-20-14(10)16)13-11(15)8-18-19(13)9(2)3/h5,7-9,12,17H,4,6H2,1-3H3. The van der Waals surface area contributed by atoms with Crippen LogP contribution in [0.4, 0.5) is 0 Å². The van der Waals surface area contributed by atoms with Crippen LogP contribution in [-0.4, -0.2) is 16.3 Å². The summed E-state index contributed by atoms with van der Waals surface area (Å²) < 4.78 is 8.21. The Hall–Kier alpha value is -0.780. The van der Waals surface area contributed by atoms with Gasteiger partial charge < -0.3 is 9.73 Å². The smallest absolute Gasteiger partial charge is 0.198 e. The Kier molecular flexibility index (Phi) is 5.29. The number of nitrogens with zero attached hydrogens (tertiary/aromatic N) is 2. The van der Waals surface area contributed by atoms with Crippen molar-refractivity contribution in [3.8, 4) is 0 Å². The van der Waals surface area contributed by atoms with Gasteiger partial charge in [0.15, 0.2) is 5.22 Å². The van der Waals surface area contributed by atoms with Gasteiger partial charge in [-0.1, -0.05) is 6.92 Å². The summed E-state index contributed by atoms with van der Waals surface area (Å²) >= 11 is 9.75. The lowest BCUT2D eigenvalue weighted by Gasteiger charge is -2.21. The van der Waals surface area contributed by atoms with Crippen molar-refractivity contribution in [1.29, 1.82) is 0 Å². The van der Waals surface area contributed by atoms with E-state index in [4.69, 9.17) is 16.0 Å². The molecule has 4 nitrogen and oxygen atoms in total. The molecule has 1 N–H and O–H groups in total. The van der Waals surface area contributed by atoms with E-state index in [-0.39, 0.29) is 12.1 Å². The fourth-order valence-corrected chi connectivity index (χ4v) is 2.91. The Bertz CT molecular complexity index is 565. The van der Waals surface area contributed by atoms with E-state index in [1.807, 2.05) is 16.9 Å². The topological polar surface area (TPSA) is 43.0 Å². The Morgan fingerprint density at radius 1 is 1.50 bits per heavy atom. The van der Waals surface area contributed by atoms with Crippen molar-refractivity contribution >= 4 is 27.5 Å². The molecule has 2 rings (SSSR count). The summed E-state index contributed by atoms with van der Waals surface area (Å²) in [6.07, 6.45) is 4.48. The van der Waals surface area contributed by atoms with Gasteiger partial charge in [-0.15, -0.1) is 0 Å². The predicted molar refractivity (Wildman–Crippen MR) is 84.2 cm³/mol. The van der Waals surface area contributed by atoms with Gasteiger partial charge in [0.2, 0.25) is 0 Å². The van der Waals surface area contributed by atoms with Gasteiger partial charge in [-0.25, -0.2) is 0 Å². The third kappa shape index (κ3) is 3.10. The summed E-state index contributed by atoms with van der Waals surface area (Å²) in [4.78, 5) is 0. The zero-order valence-electron chi connectivity index (χ0n) is 11.9. The molecule has 2 aromatic heterocycles. The molecule has 2 aromatic rings. The highest BCUT2D eigenvalue weighted by Gasteiger charge is 2.25. The van der Waals surface area contributed by atoms with E-state index < -0.39 is 0 Å². The minimum absolute atomic E-state index is 0.0412. The summed E-state index contributed by atoms with van der Waals surface area (Å²) in [5.41, 5.74) is 2.00. The quantitative estimate of drug-likeness (QED) is 0.821. The van der Waals surface area contributed by atoms with Gasteiger partial charge >= 0.3 is 0 Å². The molecule has 110 valence electrons. The fourth-order valence-electron chi connectivity index (χ4n) is 2.19. The van der Waals surface area contributed by atoms with Crippen molar-refractivity contribution in [3.05, 3.63) is 39.5 Å². The molecular formula is C14H19BrClN3O. The van der Waals surface area contributed by atoms with Crippen LogP contribution in [0, 0.1) is 0 Å². The van der Waals surface area contributed by atoms with Crippen LogP contribution in [-0.2, 0) is 0 Å². The molecule has 20 heavy (non-hydrogen) atoms. The highest BCUT2D eigenvalue weighted by Crippen LogP contribution is 2.34. The van der Waals surface area contributed by atoms with Crippen molar-refractivity contribution in [1.82, 2.24) is 15.1 Å². The lowest BCUT2D eigenvalue weighted by Crippen LogP contribution is -2.26. The second kappa shape index (κ2) is 6.78. The molecule has 1 unspecified atom stereocenters. The summed E-state index contributed by atoms with van der Waals surface area (Å²) in [6.45, 7) is 7.24. The highest BCUT2D eigenvalue weighted by molar-refractivity contribution is 9.10. The average Bonchev–Trinajstić information content (AvgIpc) is 2.98. The first kappa shape index (κ1) is 15.6. The van der Waals surface area contributed by atoms with Crippen LogP contribution in [0.1, 0.15) is 50.5 Å². The van der Waals surface area contributed by atoms with Gasteiger partial charge in [0.05, 0.1) is 28.7 Å². The third-order valence-electron chi connectivity index (χ3n) is 3.11. The molecule has 0 amide bonds. The Morgan fingerprint density at radius 2 is 2.25 bits per heavy atom. The second-order valence-electron chi connectivity index (χ2n) is 4.95. The van der Waals surface area contributed by atoms with Crippen molar-refractivity contribution in [3.63, 3.8) is 0 Å². The van der Waals surface area contributed by atoms with Crippen LogP contribution in [0.3, 0.4) is 0 Å². The lowest BCUT2D eigenvalue weighted by atomic mass is 10.1. The molecule has 0 saturated heterocycles. The second-order valence-corrected chi connectivity index (χ2v) is 6.15. The summed E-state index contributed by atoms with van der Waals surface area (Å²) in [7, 11) is 0. The van der Waals surface area contributed by atoms with Crippen LogP contribution >= 0.6 is 27.5 Å². The summed E-state index contributed by atoms with van der Waals surface area (Å²) in [5.74, 6) is 0. The Labute approximate surface area is 132 Å². The maximum absolute atomic E-state index is 6.16. The number of hydrogen-bond acceptors (Lipinski definition) is 3. The monoisotopic (exact) mass is 359 g/mol. The minimum Gasteiger partial charge on any atom is -0.453 e. The van der Waals surface area contributed by atoms with Crippen molar-refractivity contribution < 1.29 is 4.42 Å². The molecule has 0 aliphatic carbocycles. The van der Waals surface area contributed by atoms with Gasteiger partial charge in [-0.05, 0) is 60.4 Å². The molecule has 0 aromatic carbocycles. The van der Waals surface area contributed by atoms with Crippen LogP contribution in [0.15, 0.2) is 27.4 Å². The molecule has 0 saturated carbocycles. The molecule has 1 atom stereocenters. The van der Waals surface area contributed by atoms with Gasteiger partial charge in [-0.2, -0.15) is 5.10 Å². The molecule has 0 aliphatic heterocycles. The molecule has 6 heteroatoms. The van der Waals surface area contributed by atoms with E-state index in [1.165, 1.54) is 0 Å². The summed E-state index contributed by atoms with van der Waals surface area (Å²) in [6, 6.07) is 2.13. The van der Waals surface area contributed by atoms with Crippen LogP contribution < -0.4 is 5.32 Å². The number of hydrogen-bond donors (Lipinski definition) is 1. The fraction of sp³-hybridized carbons (Fsp3) is 0.500. The highest BCUT2D eigenvalue weighted by atomic mass is 79.9. The average molecular weight is 361 g/mol. The first-order valence-electron chi connectivity index (χ1n) is 6.75. The zero-order chi connectivity index (χ0) is 14.7. The molecular weight excluding hydrogens is 342 g/mol. The van der Waals surface area contributed by atoms with E-state index in [0.29, 0.717) is 5.22 Å². The number of rotatable bonds is 6. The van der Waals surface area contributed by atoms with Crippen molar-refractivity contribution in [2.45, 2.75) is 39.3 Å². The van der Waals surface area contributed by atoms with E-state index in [1.54, 1.807) is 6.26 Å². The SMILES string of the molecule is CCCNC(c1ccoc1Cl)c1c(Br)cnn1C(C)C. The minimum atomic E-state index is -0.0412. The van der Waals surface area contributed by atoms with Crippen molar-refractivity contribution in [2.75, 3.05) is 6.54 Å². The number of furan rings is 1. The van der Waals surface area contributed by atoms with Gasteiger partial charge in [0.1, 0.15) is 0 Å². The molecule has 0 radical (unpaired) electrons. The number of aromatic nitrogens is 2. The van der Waals surface area contributed by atoms with E-state index in [2.05, 4.69) is 47.1 Å². The molecule has 0 bridgehead atoms. The summed E-state index contributed by atoms with van der Waals surface area (Å²) in [5, 5.41) is 8.37. The van der Waals surface area contributed by atoms with Crippen LogP contribution in [0.25, 0.3) is 0 Å². The molecule has 0 aliphatic rings. The maximum Gasteiger partial charge on any atom is 0.198 e. The Morgan fingerprint density at radius 3 is 2.80 bits per heavy atom. The van der Waals surface area contributed by atoms with E-state index in [0.717, 1.165) is 28.7 Å². The number of halogens is 2. The van der Waals surface area contributed by atoms with E-state index >= 15 is 0 Å². The molecule has 2 heterocycles. The number of nitrogens with one attached hydrogen (secondary N) is 1. The van der Waals surface area contributed by atoms with Crippen LogP contribution in [0.5, 0.6) is 0 Å². The third-order valence-corrected chi connectivity index (χ3v) is 4.02.